The molecule has 1 spiro atoms. The van der Waals surface area contributed by atoms with E-state index in [1.54, 1.807) is 14.0 Å². The van der Waals surface area contributed by atoms with Gasteiger partial charge in [0.25, 0.3) is 0 Å². The van der Waals surface area contributed by atoms with Crippen molar-refractivity contribution in [2.45, 2.75) is 63.9 Å². The van der Waals surface area contributed by atoms with Crippen LogP contribution in [0.5, 0.6) is 5.75 Å². The number of ketones is 2. The zero-order chi connectivity index (χ0) is 22.3. The molecule has 2 aromatic rings. The maximum atomic E-state index is 12.7. The second-order valence-electron chi connectivity index (χ2n) is 9.89. The van der Waals surface area contributed by atoms with Gasteiger partial charge in [0.15, 0.2) is 11.6 Å². The fourth-order valence-electron chi connectivity index (χ4n) is 5.96. The van der Waals surface area contributed by atoms with Crippen LogP contribution in [-0.2, 0) is 9.53 Å². The SMILES string of the molecule is COc1ccc(C(C)=O)cc1-c1ccc([C@H]2CC23CCC(C(=O)[C@H]2CCCO2)CC3)cc1. The molecule has 4 nitrogen and oxygen atoms in total. The Morgan fingerprint density at radius 1 is 1.03 bits per heavy atom. The number of ether oxygens (including phenoxy) is 2. The summed E-state index contributed by atoms with van der Waals surface area (Å²) >= 11 is 0. The van der Waals surface area contributed by atoms with Gasteiger partial charge in [0.05, 0.1) is 7.11 Å². The van der Waals surface area contributed by atoms with Crippen LogP contribution in [0.15, 0.2) is 42.5 Å². The molecule has 5 rings (SSSR count). The Morgan fingerprint density at radius 2 is 1.78 bits per heavy atom. The number of carbonyl (C=O) groups excluding carboxylic acids is 2. The Hall–Kier alpha value is -2.46. The van der Waals surface area contributed by atoms with Crippen LogP contribution in [0.25, 0.3) is 11.1 Å². The first-order valence-corrected chi connectivity index (χ1v) is 12.0. The molecule has 2 saturated carbocycles. The third-order valence-electron chi connectivity index (χ3n) is 8.05. The maximum Gasteiger partial charge on any atom is 0.164 e. The smallest absolute Gasteiger partial charge is 0.164 e. The molecule has 4 heteroatoms. The van der Waals surface area contributed by atoms with Crippen LogP contribution in [0.4, 0.5) is 0 Å². The second-order valence-corrected chi connectivity index (χ2v) is 9.89. The van der Waals surface area contributed by atoms with E-state index in [0.717, 1.165) is 62.0 Å². The van der Waals surface area contributed by atoms with E-state index < -0.39 is 0 Å². The van der Waals surface area contributed by atoms with Crippen molar-refractivity contribution < 1.29 is 19.1 Å². The van der Waals surface area contributed by atoms with Crippen molar-refractivity contribution in [1.82, 2.24) is 0 Å². The summed E-state index contributed by atoms with van der Waals surface area (Å²) in [5.74, 6) is 1.99. The minimum atomic E-state index is -0.130. The molecule has 2 aromatic carbocycles. The summed E-state index contributed by atoms with van der Waals surface area (Å²) in [5, 5.41) is 0. The zero-order valence-corrected chi connectivity index (χ0v) is 19.1. The summed E-state index contributed by atoms with van der Waals surface area (Å²) < 4.78 is 11.2. The van der Waals surface area contributed by atoms with Crippen molar-refractivity contribution in [3.63, 3.8) is 0 Å². The number of rotatable bonds is 6. The van der Waals surface area contributed by atoms with Crippen LogP contribution in [0.3, 0.4) is 0 Å². The summed E-state index contributed by atoms with van der Waals surface area (Å²) in [6.45, 7) is 2.33. The van der Waals surface area contributed by atoms with Gasteiger partial charge in [-0.2, -0.15) is 0 Å². The van der Waals surface area contributed by atoms with E-state index in [4.69, 9.17) is 9.47 Å². The summed E-state index contributed by atoms with van der Waals surface area (Å²) in [6.07, 6.45) is 7.37. The third-order valence-corrected chi connectivity index (χ3v) is 8.05. The van der Waals surface area contributed by atoms with Crippen molar-refractivity contribution in [3.8, 4) is 16.9 Å². The molecule has 3 fully saturated rings. The summed E-state index contributed by atoms with van der Waals surface area (Å²) in [4.78, 5) is 24.5. The maximum absolute atomic E-state index is 12.7. The van der Waals surface area contributed by atoms with Gasteiger partial charge in [-0.25, -0.2) is 0 Å². The van der Waals surface area contributed by atoms with Crippen LogP contribution in [-0.4, -0.2) is 31.4 Å². The van der Waals surface area contributed by atoms with E-state index in [-0.39, 0.29) is 17.8 Å². The lowest BCUT2D eigenvalue weighted by Gasteiger charge is -2.30. The predicted octanol–water partition coefficient (Wildman–Crippen LogP) is 5.98. The third kappa shape index (κ3) is 3.90. The highest BCUT2D eigenvalue weighted by molar-refractivity contribution is 5.96. The van der Waals surface area contributed by atoms with Crippen LogP contribution >= 0.6 is 0 Å². The van der Waals surface area contributed by atoms with Gasteiger partial charge in [-0.15, -0.1) is 0 Å². The summed E-state index contributed by atoms with van der Waals surface area (Å²) in [5.41, 5.74) is 4.49. The Kier molecular flexibility index (Phi) is 5.66. The molecule has 2 atom stereocenters. The largest absolute Gasteiger partial charge is 0.496 e. The topological polar surface area (TPSA) is 52.6 Å². The molecule has 0 unspecified atom stereocenters. The molecular formula is C28H32O4. The van der Waals surface area contributed by atoms with Crippen molar-refractivity contribution >= 4 is 11.6 Å². The standard InChI is InChI=1S/C28H32O4/c1-18(29)22-9-10-25(31-2)23(16-22)19-5-7-20(8-6-19)24-17-28(24)13-11-21(12-14-28)27(30)26-4-3-15-32-26/h5-10,16,21,24,26H,3-4,11-15,17H2,1-2H3/t21?,24-,26-,28?/m1/s1. The van der Waals surface area contributed by atoms with E-state index in [2.05, 4.69) is 24.3 Å². The second kappa shape index (κ2) is 8.47. The molecule has 2 aliphatic carbocycles. The van der Waals surface area contributed by atoms with E-state index >= 15 is 0 Å². The molecule has 0 bridgehead atoms. The Labute approximate surface area is 190 Å². The van der Waals surface area contributed by atoms with Crippen LogP contribution < -0.4 is 4.74 Å². The number of carbonyl (C=O) groups is 2. The molecule has 0 radical (unpaired) electrons. The molecule has 0 aromatic heterocycles. The zero-order valence-electron chi connectivity index (χ0n) is 19.1. The lowest BCUT2D eigenvalue weighted by Crippen LogP contribution is -2.31. The molecule has 32 heavy (non-hydrogen) atoms. The highest BCUT2D eigenvalue weighted by Crippen LogP contribution is 2.67. The van der Waals surface area contributed by atoms with Crippen molar-refractivity contribution in [3.05, 3.63) is 53.6 Å². The average molecular weight is 433 g/mol. The molecule has 1 saturated heterocycles. The lowest BCUT2D eigenvalue weighted by atomic mass is 9.75. The van der Waals surface area contributed by atoms with Crippen molar-refractivity contribution in [2.75, 3.05) is 13.7 Å². The minimum absolute atomic E-state index is 0.0547. The summed E-state index contributed by atoms with van der Waals surface area (Å²) in [6, 6.07) is 14.4. The van der Waals surface area contributed by atoms with Crippen LogP contribution in [0, 0.1) is 11.3 Å². The van der Waals surface area contributed by atoms with Gasteiger partial charge < -0.3 is 9.47 Å². The van der Waals surface area contributed by atoms with E-state index in [1.807, 2.05) is 18.2 Å². The first-order valence-electron chi connectivity index (χ1n) is 12.0. The Morgan fingerprint density at radius 3 is 2.41 bits per heavy atom. The van der Waals surface area contributed by atoms with Gasteiger partial charge in [0.1, 0.15) is 11.9 Å². The van der Waals surface area contributed by atoms with Gasteiger partial charge in [-0.05, 0) is 92.5 Å². The monoisotopic (exact) mass is 432 g/mol. The summed E-state index contributed by atoms with van der Waals surface area (Å²) in [7, 11) is 1.66. The number of benzene rings is 2. The molecule has 0 N–H and O–H groups in total. The van der Waals surface area contributed by atoms with Crippen LogP contribution in [0.1, 0.15) is 73.7 Å². The highest BCUT2D eigenvalue weighted by atomic mass is 16.5. The van der Waals surface area contributed by atoms with Gasteiger partial charge in [0, 0.05) is 23.7 Å². The molecule has 3 aliphatic rings. The fourth-order valence-corrected chi connectivity index (χ4v) is 5.96. The first kappa shape index (κ1) is 21.4. The first-order chi connectivity index (χ1) is 15.5. The van der Waals surface area contributed by atoms with Crippen molar-refractivity contribution in [2.24, 2.45) is 11.3 Å². The van der Waals surface area contributed by atoms with E-state index in [1.165, 1.54) is 12.0 Å². The van der Waals surface area contributed by atoms with Gasteiger partial charge in [-0.3, -0.25) is 9.59 Å². The van der Waals surface area contributed by atoms with Gasteiger partial charge >= 0.3 is 0 Å². The number of methoxy groups -OCH3 is 1. The lowest BCUT2D eigenvalue weighted by molar-refractivity contribution is -0.133. The number of hydrogen-bond donors (Lipinski definition) is 0. The van der Waals surface area contributed by atoms with E-state index in [0.29, 0.717) is 22.7 Å². The highest BCUT2D eigenvalue weighted by Gasteiger charge is 2.56. The van der Waals surface area contributed by atoms with Crippen molar-refractivity contribution in [1.29, 1.82) is 0 Å². The number of hydrogen-bond acceptors (Lipinski definition) is 4. The Bertz CT molecular complexity index is 1010. The molecule has 1 heterocycles. The fraction of sp³-hybridized carbons (Fsp3) is 0.500. The molecule has 0 amide bonds. The van der Waals surface area contributed by atoms with Gasteiger partial charge in [0.2, 0.25) is 0 Å². The average Bonchev–Trinajstić information content (AvgIpc) is 3.24. The molecule has 1 aliphatic heterocycles. The predicted molar refractivity (Wildman–Crippen MR) is 124 cm³/mol. The van der Waals surface area contributed by atoms with Crippen LogP contribution in [0.2, 0.25) is 0 Å². The van der Waals surface area contributed by atoms with E-state index in [9.17, 15) is 9.59 Å². The minimum Gasteiger partial charge on any atom is -0.496 e. The molecule has 168 valence electrons. The van der Waals surface area contributed by atoms with Gasteiger partial charge in [-0.1, -0.05) is 24.3 Å². The normalized spacial score (nSPS) is 29.1. The molecular weight excluding hydrogens is 400 g/mol. The quantitative estimate of drug-likeness (QED) is 0.527. The number of Topliss-reactive ketones (excluding diaryl/α,β-unsaturated/α-hetero) is 2. The Balaban J connectivity index is 1.26.